The summed E-state index contributed by atoms with van der Waals surface area (Å²) in [6.07, 6.45) is 1.21. The van der Waals surface area contributed by atoms with Crippen molar-refractivity contribution >= 4 is 16.8 Å². The van der Waals surface area contributed by atoms with Crippen LogP contribution in [0.1, 0.15) is 5.56 Å². The molecule has 7 heteroatoms. The van der Waals surface area contributed by atoms with Gasteiger partial charge in [-0.3, -0.25) is 4.90 Å². The van der Waals surface area contributed by atoms with Gasteiger partial charge >= 0.3 is 5.63 Å². The molecule has 2 aromatic heterocycles. The molecule has 1 aliphatic rings. The smallest absolute Gasteiger partial charge is 0.336 e. The van der Waals surface area contributed by atoms with Crippen LogP contribution in [-0.4, -0.2) is 60.4 Å². The summed E-state index contributed by atoms with van der Waals surface area (Å²) in [6, 6.07) is 12.8. The van der Waals surface area contributed by atoms with Gasteiger partial charge in [0.1, 0.15) is 29.9 Å². The first-order valence-corrected chi connectivity index (χ1v) is 9.82. The molecule has 3 heterocycles. The number of hydrogen-bond acceptors (Lipinski definition) is 7. The molecular formula is C22H25N3O4. The fraction of sp³-hybridized carbons (Fsp3) is 0.364. The van der Waals surface area contributed by atoms with Crippen LogP contribution in [0.4, 0.5) is 5.82 Å². The molecule has 1 atom stereocenters. The predicted molar refractivity (Wildman–Crippen MR) is 112 cm³/mol. The van der Waals surface area contributed by atoms with E-state index >= 15 is 0 Å². The second kappa shape index (κ2) is 8.63. The van der Waals surface area contributed by atoms with Gasteiger partial charge in [0.05, 0.1) is 0 Å². The van der Waals surface area contributed by atoms with Crippen molar-refractivity contribution in [3.63, 3.8) is 0 Å². The van der Waals surface area contributed by atoms with Gasteiger partial charge in [0, 0.05) is 56.4 Å². The molecule has 29 heavy (non-hydrogen) atoms. The number of β-amino-alcohol motifs (C(OH)–C–C–N with tert-alkyl or cyclic N) is 1. The molecule has 1 fully saturated rings. The number of nitrogens with zero attached hydrogens (tertiary/aromatic N) is 3. The fourth-order valence-electron chi connectivity index (χ4n) is 3.64. The molecule has 0 bridgehead atoms. The number of fused-ring (bicyclic) bond motifs is 1. The van der Waals surface area contributed by atoms with Crippen LogP contribution < -0.4 is 15.3 Å². The van der Waals surface area contributed by atoms with E-state index in [1.165, 1.54) is 6.07 Å². The van der Waals surface area contributed by atoms with Gasteiger partial charge in [0.2, 0.25) is 0 Å². The number of aryl methyl sites for hydroxylation is 1. The van der Waals surface area contributed by atoms with E-state index in [1.54, 1.807) is 6.07 Å². The average molecular weight is 395 g/mol. The van der Waals surface area contributed by atoms with E-state index in [4.69, 9.17) is 9.15 Å². The highest BCUT2D eigenvalue weighted by atomic mass is 16.5. The molecule has 0 aliphatic carbocycles. The van der Waals surface area contributed by atoms with E-state index in [1.807, 2.05) is 43.5 Å². The number of aromatic nitrogens is 1. The monoisotopic (exact) mass is 395 g/mol. The molecule has 4 rings (SSSR count). The van der Waals surface area contributed by atoms with Gasteiger partial charge < -0.3 is 19.2 Å². The van der Waals surface area contributed by atoms with E-state index in [2.05, 4.69) is 14.8 Å². The lowest BCUT2D eigenvalue weighted by molar-refractivity contribution is 0.0663. The molecule has 1 aromatic carbocycles. The zero-order valence-corrected chi connectivity index (χ0v) is 16.5. The molecule has 152 valence electrons. The van der Waals surface area contributed by atoms with Crippen molar-refractivity contribution in [1.29, 1.82) is 0 Å². The minimum atomic E-state index is -0.600. The van der Waals surface area contributed by atoms with Crippen molar-refractivity contribution in [3.05, 3.63) is 64.6 Å². The van der Waals surface area contributed by atoms with Crippen LogP contribution in [0.25, 0.3) is 11.0 Å². The lowest BCUT2D eigenvalue weighted by Crippen LogP contribution is -2.49. The number of aliphatic hydroxyl groups is 1. The van der Waals surface area contributed by atoms with Crippen LogP contribution in [0.3, 0.4) is 0 Å². The standard InChI is InChI=1S/C22H25N3O4/c1-16-12-22(27)29-20-13-18(5-6-19(16)20)28-15-17(26)14-24-8-10-25(11-9-24)21-4-2-3-7-23-21/h2-7,12-13,17,26H,8-11,14-15H2,1H3/t17-/m1/s1. The van der Waals surface area contributed by atoms with Gasteiger partial charge in [-0.05, 0) is 36.8 Å². The molecule has 1 aliphatic heterocycles. The van der Waals surface area contributed by atoms with Crippen LogP contribution >= 0.6 is 0 Å². The van der Waals surface area contributed by atoms with Gasteiger partial charge in [-0.25, -0.2) is 9.78 Å². The van der Waals surface area contributed by atoms with Crippen LogP contribution in [0, 0.1) is 6.92 Å². The third kappa shape index (κ3) is 4.75. The Kier molecular flexibility index (Phi) is 5.78. The third-order valence-corrected chi connectivity index (χ3v) is 5.18. The summed E-state index contributed by atoms with van der Waals surface area (Å²) in [6.45, 7) is 6.11. The molecule has 1 saturated heterocycles. The van der Waals surface area contributed by atoms with Crippen molar-refractivity contribution in [3.8, 4) is 5.75 Å². The minimum Gasteiger partial charge on any atom is -0.491 e. The highest BCUT2D eigenvalue weighted by Crippen LogP contribution is 2.22. The van der Waals surface area contributed by atoms with Crippen LogP contribution in [0.2, 0.25) is 0 Å². The summed E-state index contributed by atoms with van der Waals surface area (Å²) in [7, 11) is 0. The van der Waals surface area contributed by atoms with Crippen LogP contribution in [0.5, 0.6) is 5.75 Å². The topological polar surface area (TPSA) is 79.0 Å². The Hall–Kier alpha value is -2.90. The maximum atomic E-state index is 11.6. The molecular weight excluding hydrogens is 370 g/mol. The van der Waals surface area contributed by atoms with Crippen LogP contribution in [-0.2, 0) is 0 Å². The van der Waals surface area contributed by atoms with E-state index < -0.39 is 6.10 Å². The molecule has 0 radical (unpaired) electrons. The van der Waals surface area contributed by atoms with Crippen molar-refractivity contribution < 1.29 is 14.3 Å². The van der Waals surface area contributed by atoms with Crippen molar-refractivity contribution in [2.75, 3.05) is 44.2 Å². The zero-order valence-electron chi connectivity index (χ0n) is 16.5. The van der Waals surface area contributed by atoms with Gasteiger partial charge in [0.25, 0.3) is 0 Å². The first-order chi connectivity index (χ1) is 14.1. The fourth-order valence-corrected chi connectivity index (χ4v) is 3.64. The Bertz CT molecular complexity index is 1010. The average Bonchev–Trinajstić information content (AvgIpc) is 2.73. The Morgan fingerprint density at radius 2 is 2.00 bits per heavy atom. The Labute approximate surface area is 169 Å². The summed E-state index contributed by atoms with van der Waals surface area (Å²) in [5, 5.41) is 11.3. The Balaban J connectivity index is 1.28. The van der Waals surface area contributed by atoms with Crippen molar-refractivity contribution in [2.24, 2.45) is 0 Å². The molecule has 0 spiro atoms. The largest absolute Gasteiger partial charge is 0.491 e. The van der Waals surface area contributed by atoms with Gasteiger partial charge in [-0.1, -0.05) is 6.07 Å². The molecule has 0 saturated carbocycles. The van der Waals surface area contributed by atoms with Crippen molar-refractivity contribution in [1.82, 2.24) is 9.88 Å². The number of anilines is 1. The third-order valence-electron chi connectivity index (χ3n) is 5.18. The normalized spacial score (nSPS) is 16.1. The number of ether oxygens (including phenoxy) is 1. The van der Waals surface area contributed by atoms with E-state index in [9.17, 15) is 9.90 Å². The van der Waals surface area contributed by atoms with Gasteiger partial charge in [-0.2, -0.15) is 0 Å². The number of piperazine rings is 1. The summed E-state index contributed by atoms with van der Waals surface area (Å²) in [5.41, 5.74) is 0.984. The summed E-state index contributed by atoms with van der Waals surface area (Å²) < 4.78 is 11.0. The second-order valence-corrected chi connectivity index (χ2v) is 7.35. The first kappa shape index (κ1) is 19.4. The minimum absolute atomic E-state index is 0.183. The first-order valence-electron chi connectivity index (χ1n) is 9.82. The quantitative estimate of drug-likeness (QED) is 0.640. The molecule has 0 amide bonds. The summed E-state index contributed by atoms with van der Waals surface area (Å²) in [4.78, 5) is 20.4. The van der Waals surface area contributed by atoms with E-state index in [0.29, 0.717) is 17.9 Å². The number of hydrogen-bond donors (Lipinski definition) is 1. The highest BCUT2D eigenvalue weighted by molar-refractivity contribution is 5.81. The lowest BCUT2D eigenvalue weighted by atomic mass is 10.1. The molecule has 7 nitrogen and oxygen atoms in total. The zero-order chi connectivity index (χ0) is 20.2. The molecule has 0 unspecified atom stereocenters. The van der Waals surface area contributed by atoms with E-state index in [-0.39, 0.29) is 12.2 Å². The Morgan fingerprint density at radius 3 is 2.76 bits per heavy atom. The number of pyridine rings is 1. The Morgan fingerprint density at radius 1 is 1.17 bits per heavy atom. The molecule has 3 aromatic rings. The molecule has 1 N–H and O–H groups in total. The maximum absolute atomic E-state index is 11.6. The highest BCUT2D eigenvalue weighted by Gasteiger charge is 2.20. The van der Waals surface area contributed by atoms with E-state index in [0.717, 1.165) is 42.9 Å². The number of aliphatic hydroxyl groups excluding tert-OH is 1. The summed E-state index contributed by atoms with van der Waals surface area (Å²) in [5.74, 6) is 1.57. The van der Waals surface area contributed by atoms with Crippen molar-refractivity contribution in [2.45, 2.75) is 13.0 Å². The van der Waals surface area contributed by atoms with Crippen LogP contribution in [0.15, 0.2) is 57.9 Å². The van der Waals surface area contributed by atoms with Gasteiger partial charge in [-0.15, -0.1) is 0 Å². The van der Waals surface area contributed by atoms with Gasteiger partial charge in [0.15, 0.2) is 0 Å². The number of rotatable bonds is 6. The lowest BCUT2D eigenvalue weighted by Gasteiger charge is -2.36. The predicted octanol–water partition coefficient (Wildman–Crippen LogP) is 2.06. The summed E-state index contributed by atoms with van der Waals surface area (Å²) >= 11 is 0. The SMILES string of the molecule is Cc1cc(=O)oc2cc(OC[C@H](O)CN3CCN(c4ccccn4)CC3)ccc12. The number of benzene rings is 1. The maximum Gasteiger partial charge on any atom is 0.336 e. The second-order valence-electron chi connectivity index (χ2n) is 7.35.